The second-order valence-electron chi connectivity index (χ2n) is 3.97. The number of nitrogens with zero attached hydrogens (tertiary/aromatic N) is 2. The Morgan fingerprint density at radius 1 is 1.18 bits per heavy atom. The van der Waals surface area contributed by atoms with Gasteiger partial charge in [-0.15, -0.1) is 5.10 Å². The number of anilines is 1. The van der Waals surface area contributed by atoms with Crippen molar-refractivity contribution in [1.82, 2.24) is 10.2 Å². The van der Waals surface area contributed by atoms with Gasteiger partial charge in [0.05, 0.1) is 7.11 Å². The third kappa shape index (κ3) is 1.84. The molecule has 0 radical (unpaired) electrons. The van der Waals surface area contributed by atoms with Crippen molar-refractivity contribution < 1.29 is 9.15 Å². The quantitative estimate of drug-likeness (QED) is 0.861. The molecular weight excluding hydrogens is 218 g/mol. The van der Waals surface area contributed by atoms with Crippen LogP contribution in [-0.2, 0) is 0 Å². The van der Waals surface area contributed by atoms with E-state index in [1.807, 2.05) is 26.8 Å². The van der Waals surface area contributed by atoms with E-state index in [1.165, 1.54) is 0 Å². The van der Waals surface area contributed by atoms with E-state index in [0.717, 1.165) is 28.0 Å². The summed E-state index contributed by atoms with van der Waals surface area (Å²) < 4.78 is 10.6. The molecule has 5 heteroatoms. The Balaban J connectivity index is 2.64. The Labute approximate surface area is 99.6 Å². The molecule has 0 aliphatic rings. The molecule has 0 bridgehead atoms. The molecule has 0 spiro atoms. The lowest BCUT2D eigenvalue weighted by molar-refractivity contribution is 0.408. The average Bonchev–Trinajstić information content (AvgIpc) is 2.71. The van der Waals surface area contributed by atoms with Crippen LogP contribution in [0.1, 0.15) is 16.7 Å². The van der Waals surface area contributed by atoms with Crippen LogP contribution in [0.25, 0.3) is 11.5 Å². The Kier molecular flexibility index (Phi) is 2.75. The first-order chi connectivity index (χ1) is 8.04. The van der Waals surface area contributed by atoms with Crippen molar-refractivity contribution in [3.63, 3.8) is 0 Å². The van der Waals surface area contributed by atoms with E-state index < -0.39 is 0 Å². The zero-order valence-corrected chi connectivity index (χ0v) is 10.4. The number of aromatic nitrogens is 2. The molecule has 0 unspecified atom stereocenters. The molecule has 1 heterocycles. The molecule has 2 rings (SSSR count). The molecule has 0 fully saturated rings. The summed E-state index contributed by atoms with van der Waals surface area (Å²) in [6.07, 6.45) is 0. The maximum absolute atomic E-state index is 5.43. The first-order valence-corrected chi connectivity index (χ1v) is 5.28. The SMILES string of the molecule is COc1c(C)cc(-c2nnc(N)o2)c(C)c1C. The minimum atomic E-state index is 0.0746. The zero-order valence-electron chi connectivity index (χ0n) is 10.4. The molecule has 2 N–H and O–H groups in total. The van der Waals surface area contributed by atoms with Crippen LogP contribution in [0.15, 0.2) is 10.5 Å². The fourth-order valence-electron chi connectivity index (χ4n) is 1.94. The minimum absolute atomic E-state index is 0.0746. The molecular formula is C12H15N3O2. The monoisotopic (exact) mass is 233 g/mol. The van der Waals surface area contributed by atoms with Crippen molar-refractivity contribution in [3.8, 4) is 17.2 Å². The van der Waals surface area contributed by atoms with Crippen LogP contribution < -0.4 is 10.5 Å². The number of methoxy groups -OCH3 is 1. The normalized spacial score (nSPS) is 10.6. The third-order valence-corrected chi connectivity index (χ3v) is 2.90. The third-order valence-electron chi connectivity index (χ3n) is 2.90. The summed E-state index contributed by atoms with van der Waals surface area (Å²) >= 11 is 0. The van der Waals surface area contributed by atoms with Gasteiger partial charge < -0.3 is 14.9 Å². The number of aryl methyl sites for hydroxylation is 1. The maximum Gasteiger partial charge on any atom is 0.313 e. The van der Waals surface area contributed by atoms with E-state index in [0.29, 0.717) is 5.89 Å². The average molecular weight is 233 g/mol. The van der Waals surface area contributed by atoms with Gasteiger partial charge >= 0.3 is 6.01 Å². The number of benzene rings is 1. The highest BCUT2D eigenvalue weighted by Gasteiger charge is 2.15. The number of rotatable bonds is 2. The molecule has 0 aliphatic heterocycles. The van der Waals surface area contributed by atoms with E-state index in [-0.39, 0.29) is 6.01 Å². The zero-order chi connectivity index (χ0) is 12.6. The van der Waals surface area contributed by atoms with Crippen LogP contribution in [0, 0.1) is 20.8 Å². The molecule has 5 nitrogen and oxygen atoms in total. The van der Waals surface area contributed by atoms with Gasteiger partial charge in [-0.2, -0.15) is 0 Å². The maximum atomic E-state index is 5.43. The second kappa shape index (κ2) is 4.08. The number of hydrogen-bond acceptors (Lipinski definition) is 5. The fourth-order valence-corrected chi connectivity index (χ4v) is 1.94. The van der Waals surface area contributed by atoms with Gasteiger partial charge in [0.25, 0.3) is 0 Å². The van der Waals surface area contributed by atoms with E-state index >= 15 is 0 Å². The number of hydrogen-bond donors (Lipinski definition) is 1. The van der Waals surface area contributed by atoms with Gasteiger partial charge in [0.15, 0.2) is 0 Å². The number of nitrogen functional groups attached to an aromatic ring is 1. The second-order valence-corrected chi connectivity index (χ2v) is 3.97. The van der Waals surface area contributed by atoms with Gasteiger partial charge in [0, 0.05) is 5.56 Å². The van der Waals surface area contributed by atoms with Gasteiger partial charge in [-0.05, 0) is 43.5 Å². The molecule has 0 saturated carbocycles. The highest BCUT2D eigenvalue weighted by Crippen LogP contribution is 2.33. The van der Waals surface area contributed by atoms with Crippen molar-refractivity contribution in [1.29, 1.82) is 0 Å². The summed E-state index contributed by atoms with van der Waals surface area (Å²) in [6.45, 7) is 5.98. The number of nitrogens with two attached hydrogens (primary N) is 1. The molecule has 2 aromatic rings. The lowest BCUT2D eigenvalue weighted by Gasteiger charge is -2.13. The highest BCUT2D eigenvalue weighted by molar-refractivity contribution is 5.65. The largest absolute Gasteiger partial charge is 0.496 e. The van der Waals surface area contributed by atoms with Crippen molar-refractivity contribution in [2.75, 3.05) is 12.8 Å². The smallest absolute Gasteiger partial charge is 0.313 e. The molecule has 1 aromatic heterocycles. The first-order valence-electron chi connectivity index (χ1n) is 5.28. The van der Waals surface area contributed by atoms with Crippen LogP contribution in [0.4, 0.5) is 6.01 Å². The van der Waals surface area contributed by atoms with E-state index in [2.05, 4.69) is 10.2 Å². The van der Waals surface area contributed by atoms with Crippen molar-refractivity contribution in [2.45, 2.75) is 20.8 Å². The van der Waals surface area contributed by atoms with E-state index in [4.69, 9.17) is 14.9 Å². The van der Waals surface area contributed by atoms with Crippen molar-refractivity contribution >= 4 is 6.01 Å². The number of ether oxygens (including phenoxy) is 1. The molecule has 0 aliphatic carbocycles. The van der Waals surface area contributed by atoms with E-state index in [9.17, 15) is 0 Å². The molecule has 1 aromatic carbocycles. The van der Waals surface area contributed by atoms with Crippen LogP contribution in [0.5, 0.6) is 5.75 Å². The van der Waals surface area contributed by atoms with Gasteiger partial charge in [-0.1, -0.05) is 5.10 Å². The summed E-state index contributed by atoms with van der Waals surface area (Å²) in [5.74, 6) is 1.33. The summed E-state index contributed by atoms with van der Waals surface area (Å²) in [4.78, 5) is 0. The molecule has 0 saturated heterocycles. The Hall–Kier alpha value is -2.04. The fraction of sp³-hybridized carbons (Fsp3) is 0.333. The van der Waals surface area contributed by atoms with Gasteiger partial charge in [0.2, 0.25) is 5.89 Å². The molecule has 0 amide bonds. The summed E-state index contributed by atoms with van der Waals surface area (Å²) in [5, 5.41) is 7.57. The summed E-state index contributed by atoms with van der Waals surface area (Å²) in [6, 6.07) is 2.04. The van der Waals surface area contributed by atoms with Crippen LogP contribution in [-0.4, -0.2) is 17.3 Å². The summed E-state index contributed by atoms with van der Waals surface area (Å²) in [7, 11) is 1.67. The Morgan fingerprint density at radius 2 is 1.88 bits per heavy atom. The van der Waals surface area contributed by atoms with Gasteiger partial charge in [0.1, 0.15) is 5.75 Å². The van der Waals surface area contributed by atoms with Gasteiger partial charge in [-0.3, -0.25) is 0 Å². The van der Waals surface area contributed by atoms with Crippen molar-refractivity contribution in [2.24, 2.45) is 0 Å². The standard InChI is InChI=1S/C12H15N3O2/c1-6-5-9(11-14-15-12(13)17-11)7(2)8(3)10(6)16-4/h5H,1-4H3,(H2,13,15). The molecule has 17 heavy (non-hydrogen) atoms. The highest BCUT2D eigenvalue weighted by atomic mass is 16.5. The Bertz CT molecular complexity index is 561. The predicted molar refractivity (Wildman–Crippen MR) is 64.9 cm³/mol. The van der Waals surface area contributed by atoms with Crippen molar-refractivity contribution in [3.05, 3.63) is 22.8 Å². The topological polar surface area (TPSA) is 74.2 Å². The minimum Gasteiger partial charge on any atom is -0.496 e. The lowest BCUT2D eigenvalue weighted by Crippen LogP contribution is -1.96. The van der Waals surface area contributed by atoms with Crippen LogP contribution in [0.2, 0.25) is 0 Å². The van der Waals surface area contributed by atoms with Crippen LogP contribution in [0.3, 0.4) is 0 Å². The summed E-state index contributed by atoms with van der Waals surface area (Å²) in [5.41, 5.74) is 9.48. The van der Waals surface area contributed by atoms with Crippen LogP contribution >= 0.6 is 0 Å². The Morgan fingerprint density at radius 3 is 2.41 bits per heavy atom. The van der Waals surface area contributed by atoms with E-state index in [1.54, 1.807) is 7.11 Å². The first kappa shape index (κ1) is 11.4. The molecule has 0 atom stereocenters. The predicted octanol–water partition coefficient (Wildman–Crippen LogP) is 2.25. The molecule has 90 valence electrons. The lowest BCUT2D eigenvalue weighted by atomic mass is 9.98. The van der Waals surface area contributed by atoms with Gasteiger partial charge in [-0.25, -0.2) is 0 Å².